The summed E-state index contributed by atoms with van der Waals surface area (Å²) in [5, 5.41) is 11.4. The molecule has 0 aromatic heterocycles. The van der Waals surface area contributed by atoms with Crippen molar-refractivity contribution in [2.75, 3.05) is 11.6 Å². The number of fused-ring (bicyclic) bond motifs is 3. The van der Waals surface area contributed by atoms with E-state index in [0.29, 0.717) is 12.5 Å². The molecule has 0 unspecified atom stereocenters. The van der Waals surface area contributed by atoms with Crippen LogP contribution < -0.4 is 10.3 Å². The Labute approximate surface area is 87.7 Å². The third-order valence-corrected chi connectivity index (χ3v) is 2.81. The molecular weight excluding hydrogens is 190 g/mol. The zero-order valence-corrected chi connectivity index (χ0v) is 8.40. The molecule has 1 N–H and O–H groups in total. The van der Waals surface area contributed by atoms with E-state index in [9.17, 15) is 5.21 Å². The summed E-state index contributed by atoms with van der Waals surface area (Å²) >= 11 is 0. The minimum Gasteiger partial charge on any atom is -0.692 e. The maximum Gasteiger partial charge on any atom is 0.305 e. The Hall–Kier alpha value is -1.97. The lowest BCUT2D eigenvalue weighted by Gasteiger charge is -2.18. The first kappa shape index (κ1) is 8.35. The molecule has 0 saturated heterocycles. The zero-order chi connectivity index (χ0) is 10.4. The van der Waals surface area contributed by atoms with Crippen molar-refractivity contribution in [3.05, 3.63) is 40.6 Å². The first-order valence-electron chi connectivity index (χ1n) is 4.90. The van der Waals surface area contributed by atoms with Crippen LogP contribution in [0.25, 0.3) is 6.08 Å². The Kier molecular flexibility index (Phi) is 1.54. The molecule has 4 nitrogen and oxygen atoms in total. The quantitative estimate of drug-likeness (QED) is 0.506. The van der Waals surface area contributed by atoms with Crippen LogP contribution in [0.1, 0.15) is 11.1 Å². The molecule has 76 valence electrons. The molecule has 0 aliphatic carbocycles. The number of anilines is 1. The molecule has 0 saturated carbocycles. The van der Waals surface area contributed by atoms with Crippen molar-refractivity contribution in [1.29, 1.82) is 0 Å². The number of para-hydroxylation sites is 1. The molecule has 0 atom stereocenters. The molecule has 2 aliphatic heterocycles. The molecule has 0 spiro atoms. The van der Waals surface area contributed by atoms with Crippen LogP contribution in [0.3, 0.4) is 0 Å². The van der Waals surface area contributed by atoms with Crippen LogP contribution in [0.5, 0.6) is 0 Å². The van der Waals surface area contributed by atoms with Crippen molar-refractivity contribution in [3.8, 4) is 0 Å². The number of hydrogen-bond acceptors (Lipinski definition) is 3. The molecule has 0 bridgehead atoms. The lowest BCUT2D eigenvalue weighted by Crippen LogP contribution is -2.31. The van der Waals surface area contributed by atoms with Crippen LogP contribution in [0, 0.1) is 12.1 Å². The highest BCUT2D eigenvalue weighted by Gasteiger charge is 2.32. The van der Waals surface area contributed by atoms with Crippen LogP contribution in [0.15, 0.2) is 24.3 Å². The summed E-state index contributed by atoms with van der Waals surface area (Å²) in [6.45, 7) is 2.60. The SMILES string of the molecule is Cc1cccc2c1N1CN[N+]([O-])=C1C=C2. The largest absolute Gasteiger partial charge is 0.692 e. The Balaban J connectivity index is 2.24. The van der Waals surface area contributed by atoms with Gasteiger partial charge in [-0.15, -0.1) is 0 Å². The molecule has 4 heteroatoms. The van der Waals surface area contributed by atoms with Crippen LogP contribution in [-0.2, 0) is 0 Å². The van der Waals surface area contributed by atoms with E-state index in [1.165, 1.54) is 5.56 Å². The molecule has 1 aromatic carbocycles. The van der Waals surface area contributed by atoms with Crippen molar-refractivity contribution in [3.63, 3.8) is 0 Å². The van der Waals surface area contributed by atoms with Gasteiger partial charge in [0.1, 0.15) is 5.69 Å². The van der Waals surface area contributed by atoms with Gasteiger partial charge in [0.15, 0.2) is 6.67 Å². The second-order valence-electron chi connectivity index (χ2n) is 3.74. The highest BCUT2D eigenvalue weighted by atomic mass is 16.5. The van der Waals surface area contributed by atoms with Gasteiger partial charge < -0.3 is 5.21 Å². The van der Waals surface area contributed by atoms with E-state index in [2.05, 4.69) is 24.5 Å². The Morgan fingerprint density at radius 3 is 3.13 bits per heavy atom. The first-order valence-corrected chi connectivity index (χ1v) is 4.90. The lowest BCUT2D eigenvalue weighted by molar-refractivity contribution is -0.512. The van der Waals surface area contributed by atoms with Gasteiger partial charge in [-0.25, -0.2) is 10.3 Å². The fourth-order valence-corrected chi connectivity index (χ4v) is 2.11. The average Bonchev–Trinajstić information content (AvgIpc) is 2.61. The minimum absolute atomic E-state index is 0.543. The average molecular weight is 201 g/mol. The number of hydrogen-bond donors (Lipinski definition) is 1. The molecule has 2 heterocycles. The topological polar surface area (TPSA) is 41.3 Å². The number of aryl methyl sites for hydroxylation is 1. The minimum atomic E-state index is 0.543. The number of amidine groups is 1. The molecule has 0 amide bonds. The van der Waals surface area contributed by atoms with E-state index >= 15 is 0 Å². The summed E-state index contributed by atoms with van der Waals surface area (Å²) in [5.74, 6) is 0.664. The summed E-state index contributed by atoms with van der Waals surface area (Å²) in [5.41, 5.74) is 6.22. The third-order valence-electron chi connectivity index (χ3n) is 2.81. The van der Waals surface area contributed by atoms with Crippen molar-refractivity contribution in [2.45, 2.75) is 6.92 Å². The smallest absolute Gasteiger partial charge is 0.305 e. The van der Waals surface area contributed by atoms with Gasteiger partial charge in [0.2, 0.25) is 0 Å². The van der Waals surface area contributed by atoms with Crippen LogP contribution in [-0.4, -0.2) is 17.4 Å². The fourth-order valence-electron chi connectivity index (χ4n) is 2.11. The third kappa shape index (κ3) is 1.05. The molecular formula is C11H11N3O. The van der Waals surface area contributed by atoms with Crippen molar-refractivity contribution >= 4 is 17.6 Å². The highest BCUT2D eigenvalue weighted by Crippen LogP contribution is 2.30. The predicted octanol–water partition coefficient (Wildman–Crippen LogP) is 1.21. The number of rotatable bonds is 0. The number of hydrazone groups is 1. The molecule has 1 aromatic rings. The van der Waals surface area contributed by atoms with E-state index in [0.717, 1.165) is 16.1 Å². The molecule has 3 rings (SSSR count). The van der Waals surface area contributed by atoms with Crippen molar-refractivity contribution < 1.29 is 4.85 Å². The first-order chi connectivity index (χ1) is 7.27. The van der Waals surface area contributed by atoms with Gasteiger partial charge in [0.25, 0.3) is 0 Å². The van der Waals surface area contributed by atoms with E-state index in [1.807, 2.05) is 23.1 Å². The normalized spacial score (nSPS) is 17.5. The Morgan fingerprint density at radius 2 is 2.27 bits per heavy atom. The summed E-state index contributed by atoms with van der Waals surface area (Å²) in [7, 11) is 0. The van der Waals surface area contributed by atoms with Gasteiger partial charge in [-0.2, -0.15) is 4.85 Å². The number of hydrazine groups is 1. The Bertz CT molecular complexity index is 491. The summed E-state index contributed by atoms with van der Waals surface area (Å²) in [4.78, 5) is 2.81. The zero-order valence-electron chi connectivity index (χ0n) is 8.40. The van der Waals surface area contributed by atoms with Crippen molar-refractivity contribution in [2.24, 2.45) is 0 Å². The maximum absolute atomic E-state index is 11.4. The van der Waals surface area contributed by atoms with Gasteiger partial charge in [-0.3, -0.25) is 0 Å². The predicted molar refractivity (Wildman–Crippen MR) is 59.3 cm³/mol. The van der Waals surface area contributed by atoms with Gasteiger partial charge in [0, 0.05) is 11.6 Å². The fraction of sp³-hybridized carbons (Fsp3) is 0.182. The van der Waals surface area contributed by atoms with E-state index < -0.39 is 0 Å². The van der Waals surface area contributed by atoms with Gasteiger partial charge in [-0.1, -0.05) is 18.2 Å². The van der Waals surface area contributed by atoms with E-state index in [4.69, 9.17) is 0 Å². The van der Waals surface area contributed by atoms with Gasteiger partial charge in [-0.05, 0) is 18.6 Å². The monoisotopic (exact) mass is 201 g/mol. The number of benzene rings is 1. The highest BCUT2D eigenvalue weighted by molar-refractivity contribution is 6.10. The molecule has 0 fully saturated rings. The summed E-state index contributed by atoms with van der Waals surface area (Å²) in [6.07, 6.45) is 3.82. The second-order valence-corrected chi connectivity index (χ2v) is 3.74. The second kappa shape index (κ2) is 2.76. The van der Waals surface area contributed by atoms with Crippen LogP contribution >= 0.6 is 0 Å². The molecule has 2 aliphatic rings. The van der Waals surface area contributed by atoms with Gasteiger partial charge in [0.05, 0.1) is 0 Å². The summed E-state index contributed by atoms with van der Waals surface area (Å²) in [6, 6.07) is 6.15. The summed E-state index contributed by atoms with van der Waals surface area (Å²) < 4.78 is 0. The number of nitrogens with zero attached hydrogens (tertiary/aromatic N) is 2. The molecule has 15 heavy (non-hydrogen) atoms. The number of nitrogens with one attached hydrogen (secondary N) is 1. The maximum atomic E-state index is 11.4. The Morgan fingerprint density at radius 1 is 1.40 bits per heavy atom. The van der Waals surface area contributed by atoms with Crippen LogP contribution in [0.4, 0.5) is 5.69 Å². The van der Waals surface area contributed by atoms with Gasteiger partial charge >= 0.3 is 5.84 Å². The molecule has 0 radical (unpaired) electrons. The standard InChI is InChI=1S/C11H11N3O/c1-8-3-2-4-9-5-6-10-13(11(8)9)7-12-14(10)15/h2-6,12H,7H2,1H3. The lowest BCUT2D eigenvalue weighted by atomic mass is 10.0. The van der Waals surface area contributed by atoms with E-state index in [1.54, 1.807) is 0 Å². The van der Waals surface area contributed by atoms with Crippen LogP contribution in [0.2, 0.25) is 0 Å². The van der Waals surface area contributed by atoms with E-state index in [-0.39, 0.29) is 0 Å². The van der Waals surface area contributed by atoms with Crippen molar-refractivity contribution in [1.82, 2.24) is 5.43 Å².